The van der Waals surface area contributed by atoms with Crippen molar-refractivity contribution in [3.8, 4) is 0 Å². The van der Waals surface area contributed by atoms with Gasteiger partial charge in [0.25, 0.3) is 5.91 Å². The number of methoxy groups -OCH3 is 1. The number of nitrogens with zero attached hydrogens (tertiary/aromatic N) is 1. The molecule has 0 fully saturated rings. The van der Waals surface area contributed by atoms with Crippen LogP contribution in [0.15, 0.2) is 35.7 Å². The maximum Gasteiger partial charge on any atom is 0.253 e. The molecule has 0 radical (unpaired) electrons. The Morgan fingerprint density at radius 3 is 2.50 bits per heavy atom. The van der Waals surface area contributed by atoms with E-state index in [-0.39, 0.29) is 18.3 Å². The molecule has 1 aromatic carbocycles. The number of hydrogen-bond donors (Lipinski definition) is 0. The Morgan fingerprint density at radius 1 is 1.35 bits per heavy atom. The molecular formula is C14H17NO4S. The second kappa shape index (κ2) is 5.76. The van der Waals surface area contributed by atoms with Crippen LogP contribution in [0, 0.1) is 6.92 Å². The van der Waals surface area contributed by atoms with Gasteiger partial charge in [-0.15, -0.1) is 0 Å². The maximum atomic E-state index is 12.2. The molecule has 5 nitrogen and oxygen atoms in total. The number of sulfone groups is 1. The zero-order valence-corrected chi connectivity index (χ0v) is 12.3. The summed E-state index contributed by atoms with van der Waals surface area (Å²) in [5.74, 6) is -0.348. The number of aryl methyl sites for hydroxylation is 1. The Balaban J connectivity index is 2.33. The number of anilines is 1. The highest BCUT2D eigenvalue weighted by Crippen LogP contribution is 2.23. The third-order valence-electron chi connectivity index (χ3n) is 3.09. The molecule has 0 N–H and O–H groups in total. The molecule has 2 rings (SSSR count). The first kappa shape index (κ1) is 14.7. The largest absolute Gasteiger partial charge is 0.375 e. The van der Waals surface area contributed by atoms with Crippen molar-refractivity contribution in [3.63, 3.8) is 0 Å². The van der Waals surface area contributed by atoms with Crippen LogP contribution in [0.3, 0.4) is 0 Å². The number of ether oxygens (including phenoxy) is 1. The predicted octanol–water partition coefficient (Wildman–Crippen LogP) is 1.29. The average Bonchev–Trinajstić information content (AvgIpc) is 2.73. The molecule has 0 spiro atoms. The van der Waals surface area contributed by atoms with Crippen LogP contribution in [-0.4, -0.2) is 39.8 Å². The van der Waals surface area contributed by atoms with Crippen LogP contribution in [0.5, 0.6) is 0 Å². The number of carbonyl (C=O) groups is 1. The molecular weight excluding hydrogens is 278 g/mol. The Kier molecular flexibility index (Phi) is 4.25. The van der Waals surface area contributed by atoms with Gasteiger partial charge >= 0.3 is 0 Å². The van der Waals surface area contributed by atoms with E-state index in [0.717, 1.165) is 5.56 Å². The normalized spacial score (nSPS) is 20.0. The summed E-state index contributed by atoms with van der Waals surface area (Å²) >= 11 is 0. The lowest BCUT2D eigenvalue weighted by Crippen LogP contribution is -2.43. The van der Waals surface area contributed by atoms with Gasteiger partial charge in [-0.3, -0.25) is 4.79 Å². The Hall–Kier alpha value is -1.66. The van der Waals surface area contributed by atoms with Crippen molar-refractivity contribution in [2.24, 2.45) is 0 Å². The highest BCUT2D eigenvalue weighted by molar-refractivity contribution is 7.94. The van der Waals surface area contributed by atoms with Crippen molar-refractivity contribution in [1.29, 1.82) is 0 Å². The van der Waals surface area contributed by atoms with Crippen LogP contribution in [0.1, 0.15) is 5.56 Å². The van der Waals surface area contributed by atoms with Gasteiger partial charge in [0.15, 0.2) is 9.84 Å². The highest BCUT2D eigenvalue weighted by Gasteiger charge is 2.31. The summed E-state index contributed by atoms with van der Waals surface area (Å²) in [6, 6.07) is 6.90. The molecule has 1 unspecified atom stereocenters. The summed E-state index contributed by atoms with van der Waals surface area (Å²) in [7, 11) is -1.78. The van der Waals surface area contributed by atoms with E-state index in [4.69, 9.17) is 4.74 Å². The van der Waals surface area contributed by atoms with E-state index in [1.54, 1.807) is 6.08 Å². The summed E-state index contributed by atoms with van der Waals surface area (Å²) in [6.07, 6.45) is 1.54. The molecule has 0 aromatic heterocycles. The molecule has 6 heteroatoms. The first-order valence-corrected chi connectivity index (χ1v) is 7.93. The van der Waals surface area contributed by atoms with Crippen molar-refractivity contribution in [2.45, 2.75) is 13.0 Å². The topological polar surface area (TPSA) is 63.7 Å². The van der Waals surface area contributed by atoms with E-state index >= 15 is 0 Å². The first-order valence-electron chi connectivity index (χ1n) is 6.21. The smallest absolute Gasteiger partial charge is 0.253 e. The zero-order chi connectivity index (χ0) is 14.8. The minimum atomic E-state index is -3.22. The minimum absolute atomic E-state index is 0.0851. The molecule has 1 atom stereocenters. The van der Waals surface area contributed by atoms with Crippen LogP contribution in [0.4, 0.5) is 5.69 Å². The molecule has 1 aromatic rings. The number of hydrogen-bond acceptors (Lipinski definition) is 4. The van der Waals surface area contributed by atoms with Crippen molar-refractivity contribution in [3.05, 3.63) is 41.3 Å². The Morgan fingerprint density at radius 2 is 2.00 bits per heavy atom. The van der Waals surface area contributed by atoms with Gasteiger partial charge in [-0.1, -0.05) is 17.7 Å². The van der Waals surface area contributed by atoms with Gasteiger partial charge < -0.3 is 9.64 Å². The number of amides is 1. The van der Waals surface area contributed by atoms with Gasteiger partial charge in [0, 0.05) is 18.2 Å². The average molecular weight is 295 g/mol. The van der Waals surface area contributed by atoms with Gasteiger partial charge in [-0.25, -0.2) is 8.42 Å². The molecule has 1 heterocycles. The Labute approximate surface area is 118 Å². The number of carbonyl (C=O) groups excluding carboxylic acids is 1. The van der Waals surface area contributed by atoms with E-state index in [1.807, 2.05) is 31.2 Å². The standard InChI is InChI=1S/C14H17NO4S/c1-11-3-5-12(6-4-11)15(14(16)9-19-2)13-7-8-20(17,18)10-13/h3-8,13H,9-10H2,1-2H3. The third-order valence-corrected chi connectivity index (χ3v) is 4.47. The third kappa shape index (κ3) is 3.26. The molecule has 1 aliphatic rings. The van der Waals surface area contributed by atoms with Crippen molar-refractivity contribution in [2.75, 3.05) is 24.4 Å². The molecule has 1 aliphatic heterocycles. The minimum Gasteiger partial charge on any atom is -0.375 e. The second-order valence-electron chi connectivity index (χ2n) is 4.76. The monoisotopic (exact) mass is 295 g/mol. The fourth-order valence-electron chi connectivity index (χ4n) is 2.14. The molecule has 20 heavy (non-hydrogen) atoms. The molecule has 0 saturated carbocycles. The molecule has 0 saturated heterocycles. The molecule has 1 amide bonds. The summed E-state index contributed by atoms with van der Waals surface area (Å²) in [4.78, 5) is 13.7. The second-order valence-corrected chi connectivity index (χ2v) is 6.69. The number of benzene rings is 1. The fraction of sp³-hybridized carbons (Fsp3) is 0.357. The van der Waals surface area contributed by atoms with Crippen molar-refractivity contribution < 1.29 is 17.9 Å². The number of rotatable bonds is 4. The lowest BCUT2D eigenvalue weighted by Gasteiger charge is -2.27. The van der Waals surface area contributed by atoms with Crippen LogP contribution < -0.4 is 4.90 Å². The highest BCUT2D eigenvalue weighted by atomic mass is 32.2. The van der Waals surface area contributed by atoms with Gasteiger partial charge in [0.2, 0.25) is 0 Å². The first-order chi connectivity index (χ1) is 9.43. The van der Waals surface area contributed by atoms with Gasteiger partial charge in [-0.2, -0.15) is 0 Å². The van der Waals surface area contributed by atoms with Gasteiger partial charge in [-0.05, 0) is 25.1 Å². The summed E-state index contributed by atoms with van der Waals surface area (Å²) < 4.78 is 28.0. The molecule has 0 bridgehead atoms. The van der Waals surface area contributed by atoms with E-state index in [9.17, 15) is 13.2 Å². The van der Waals surface area contributed by atoms with Crippen molar-refractivity contribution in [1.82, 2.24) is 0 Å². The van der Waals surface area contributed by atoms with E-state index in [2.05, 4.69) is 0 Å². The van der Waals surface area contributed by atoms with E-state index in [0.29, 0.717) is 5.69 Å². The van der Waals surface area contributed by atoms with Gasteiger partial charge in [0.05, 0.1) is 11.8 Å². The van der Waals surface area contributed by atoms with E-state index in [1.165, 1.54) is 17.4 Å². The van der Waals surface area contributed by atoms with Crippen LogP contribution in [0.25, 0.3) is 0 Å². The van der Waals surface area contributed by atoms with Crippen LogP contribution >= 0.6 is 0 Å². The van der Waals surface area contributed by atoms with E-state index < -0.39 is 15.9 Å². The lowest BCUT2D eigenvalue weighted by atomic mass is 10.1. The SMILES string of the molecule is COCC(=O)N(c1ccc(C)cc1)C1C=CS(=O)(=O)C1. The molecule has 0 aliphatic carbocycles. The van der Waals surface area contributed by atoms with Crippen LogP contribution in [-0.2, 0) is 19.4 Å². The molecule has 108 valence electrons. The zero-order valence-electron chi connectivity index (χ0n) is 11.4. The quantitative estimate of drug-likeness (QED) is 0.839. The van der Waals surface area contributed by atoms with Crippen molar-refractivity contribution >= 4 is 21.4 Å². The predicted molar refractivity (Wildman–Crippen MR) is 77.3 cm³/mol. The summed E-state index contributed by atoms with van der Waals surface area (Å²) in [5.41, 5.74) is 1.74. The summed E-state index contributed by atoms with van der Waals surface area (Å²) in [6.45, 7) is 1.86. The van der Waals surface area contributed by atoms with Crippen LogP contribution in [0.2, 0.25) is 0 Å². The fourth-order valence-corrected chi connectivity index (χ4v) is 3.41. The summed E-state index contributed by atoms with van der Waals surface area (Å²) in [5, 5.41) is 1.17. The maximum absolute atomic E-state index is 12.2. The van der Waals surface area contributed by atoms with Gasteiger partial charge in [0.1, 0.15) is 6.61 Å². The lowest BCUT2D eigenvalue weighted by molar-refractivity contribution is -0.122. The Bertz CT molecular complexity index is 619.